The maximum absolute atomic E-state index is 6.52. The van der Waals surface area contributed by atoms with Gasteiger partial charge < -0.3 is 14.3 Å². The number of H-pyrrole nitrogens is 1. The summed E-state index contributed by atoms with van der Waals surface area (Å²) in [5.41, 5.74) is 14.0. The third-order valence-electron chi connectivity index (χ3n) is 10.0. The number of aromatic amines is 1. The molecule has 0 fully saturated rings. The average molecular weight is 653 g/mol. The highest BCUT2D eigenvalue weighted by Crippen LogP contribution is 2.52. The number of nitrogens with zero attached hydrogens (tertiary/aromatic N) is 1. The van der Waals surface area contributed by atoms with E-state index in [4.69, 9.17) is 4.42 Å². The molecule has 3 heteroatoms. The van der Waals surface area contributed by atoms with E-state index in [0.717, 1.165) is 83.4 Å². The van der Waals surface area contributed by atoms with E-state index >= 15 is 0 Å². The summed E-state index contributed by atoms with van der Waals surface area (Å²) >= 11 is 0. The lowest BCUT2D eigenvalue weighted by Gasteiger charge is -2.32. The van der Waals surface area contributed by atoms with Crippen LogP contribution < -0.4 is 4.90 Å². The van der Waals surface area contributed by atoms with Crippen LogP contribution in [0.5, 0.6) is 0 Å². The van der Waals surface area contributed by atoms with E-state index in [1.54, 1.807) is 0 Å². The Hall–Kier alpha value is -6.84. The number of hydrogen-bond acceptors (Lipinski definition) is 2. The van der Waals surface area contributed by atoms with Gasteiger partial charge in [-0.2, -0.15) is 0 Å². The van der Waals surface area contributed by atoms with Crippen LogP contribution in [0, 0.1) is 0 Å². The Labute approximate surface area is 295 Å². The van der Waals surface area contributed by atoms with Gasteiger partial charge in [0.15, 0.2) is 0 Å². The predicted octanol–water partition coefficient (Wildman–Crippen LogP) is 13.7. The first-order valence-corrected chi connectivity index (χ1v) is 17.4. The molecule has 2 aromatic heterocycles. The van der Waals surface area contributed by atoms with Gasteiger partial charge in [-0.25, -0.2) is 0 Å². The van der Waals surface area contributed by atoms with Gasteiger partial charge in [0.1, 0.15) is 11.2 Å². The lowest BCUT2D eigenvalue weighted by Crippen LogP contribution is -2.14. The van der Waals surface area contributed by atoms with E-state index < -0.39 is 0 Å². The number of anilines is 3. The second kappa shape index (κ2) is 11.9. The van der Waals surface area contributed by atoms with Gasteiger partial charge in [-0.3, -0.25) is 0 Å². The minimum Gasteiger partial charge on any atom is -0.456 e. The van der Waals surface area contributed by atoms with Crippen molar-refractivity contribution in [3.63, 3.8) is 0 Å². The first-order valence-electron chi connectivity index (χ1n) is 17.4. The van der Waals surface area contributed by atoms with Crippen molar-refractivity contribution in [3.8, 4) is 33.4 Å². The number of aromatic nitrogens is 1. The summed E-state index contributed by atoms with van der Waals surface area (Å²) < 4.78 is 6.52. The van der Waals surface area contributed by atoms with Crippen LogP contribution in [0.3, 0.4) is 0 Å². The molecule has 2 heterocycles. The molecule has 10 rings (SSSR count). The molecule has 10 aromatic rings. The lowest BCUT2D eigenvalue weighted by molar-refractivity contribution is 0.669. The van der Waals surface area contributed by atoms with E-state index in [0.29, 0.717) is 0 Å². The Morgan fingerprint density at radius 1 is 0.373 bits per heavy atom. The molecular formula is C48H32N2O. The van der Waals surface area contributed by atoms with Crippen molar-refractivity contribution in [3.05, 3.63) is 188 Å². The standard InChI is InChI=1S/C48H32N2O/c1-3-16-32(17-4-1)34-20-8-11-28-42(34)50(43-29-15-31-45-46(43)40-22-9-12-30-44(40)51-45)48-35(33-18-5-2-6-19-33)23-13-26-39(48)38-25-14-24-37-36-21-7-10-27-41(36)49-47(37)38/h1-31,49H. The minimum absolute atomic E-state index is 0.854. The molecule has 0 unspecified atom stereocenters. The monoisotopic (exact) mass is 652 g/mol. The van der Waals surface area contributed by atoms with Gasteiger partial charge in [0.25, 0.3) is 0 Å². The van der Waals surface area contributed by atoms with Gasteiger partial charge in [0, 0.05) is 43.9 Å². The summed E-state index contributed by atoms with van der Waals surface area (Å²) in [6, 6.07) is 66.9. The zero-order valence-corrected chi connectivity index (χ0v) is 27.8. The normalized spacial score (nSPS) is 11.5. The fraction of sp³-hybridized carbons (Fsp3) is 0. The SMILES string of the molecule is c1ccc(-c2ccccc2N(c2c(-c3ccccc3)cccc2-c2cccc3c2[nH]c2ccccc23)c2cccc3oc4ccccc4c23)cc1. The van der Waals surface area contributed by atoms with Gasteiger partial charge in [-0.15, -0.1) is 0 Å². The van der Waals surface area contributed by atoms with Crippen molar-refractivity contribution in [1.82, 2.24) is 4.98 Å². The number of fused-ring (bicyclic) bond motifs is 6. The Bertz CT molecular complexity index is 2860. The molecule has 8 aromatic carbocycles. The number of rotatable bonds is 6. The number of hydrogen-bond donors (Lipinski definition) is 1. The topological polar surface area (TPSA) is 32.2 Å². The Balaban J connectivity index is 1.38. The van der Waals surface area contributed by atoms with Gasteiger partial charge >= 0.3 is 0 Å². The summed E-state index contributed by atoms with van der Waals surface area (Å²) in [5, 5.41) is 4.59. The van der Waals surface area contributed by atoms with Crippen molar-refractivity contribution in [2.45, 2.75) is 0 Å². The molecule has 0 aliphatic heterocycles. The summed E-state index contributed by atoms with van der Waals surface area (Å²) in [5.74, 6) is 0. The second-order valence-corrected chi connectivity index (χ2v) is 12.9. The molecule has 0 saturated carbocycles. The van der Waals surface area contributed by atoms with Crippen LogP contribution in [0.4, 0.5) is 17.1 Å². The molecule has 0 radical (unpaired) electrons. The highest BCUT2D eigenvalue weighted by atomic mass is 16.3. The molecule has 3 nitrogen and oxygen atoms in total. The van der Waals surface area contributed by atoms with Crippen LogP contribution in [-0.4, -0.2) is 4.98 Å². The average Bonchev–Trinajstić information content (AvgIpc) is 3.78. The molecule has 240 valence electrons. The van der Waals surface area contributed by atoms with Gasteiger partial charge in [-0.05, 0) is 41.5 Å². The summed E-state index contributed by atoms with van der Waals surface area (Å²) in [4.78, 5) is 6.28. The molecule has 0 saturated heterocycles. The van der Waals surface area contributed by atoms with Crippen molar-refractivity contribution in [2.75, 3.05) is 4.90 Å². The third kappa shape index (κ3) is 4.74. The Morgan fingerprint density at radius 2 is 0.922 bits per heavy atom. The van der Waals surface area contributed by atoms with Crippen LogP contribution in [0.2, 0.25) is 0 Å². The van der Waals surface area contributed by atoms with Crippen LogP contribution >= 0.6 is 0 Å². The maximum Gasteiger partial charge on any atom is 0.137 e. The first kappa shape index (κ1) is 29.1. The zero-order valence-electron chi connectivity index (χ0n) is 27.8. The summed E-state index contributed by atoms with van der Waals surface area (Å²) in [7, 11) is 0. The zero-order chi connectivity index (χ0) is 33.7. The van der Waals surface area contributed by atoms with Crippen LogP contribution in [0.1, 0.15) is 0 Å². The number of nitrogens with one attached hydrogen (secondary N) is 1. The quantitative estimate of drug-likeness (QED) is 0.194. The van der Waals surface area contributed by atoms with Crippen molar-refractivity contribution in [1.29, 1.82) is 0 Å². The van der Waals surface area contributed by atoms with Gasteiger partial charge in [-0.1, -0.05) is 158 Å². The molecule has 51 heavy (non-hydrogen) atoms. The molecule has 0 aliphatic rings. The molecule has 0 aliphatic carbocycles. The summed E-state index contributed by atoms with van der Waals surface area (Å²) in [6.45, 7) is 0. The largest absolute Gasteiger partial charge is 0.456 e. The van der Waals surface area contributed by atoms with Crippen molar-refractivity contribution < 1.29 is 4.42 Å². The van der Waals surface area contributed by atoms with E-state index in [1.807, 2.05) is 6.07 Å². The van der Waals surface area contributed by atoms with Crippen molar-refractivity contribution >= 4 is 60.8 Å². The Morgan fingerprint density at radius 3 is 1.76 bits per heavy atom. The fourth-order valence-electron chi connectivity index (χ4n) is 7.79. The minimum atomic E-state index is 0.854. The fourth-order valence-corrected chi connectivity index (χ4v) is 7.79. The number of furan rings is 1. The van der Waals surface area contributed by atoms with E-state index in [-0.39, 0.29) is 0 Å². The molecule has 0 amide bonds. The number of para-hydroxylation sites is 5. The molecular weight excluding hydrogens is 621 g/mol. The van der Waals surface area contributed by atoms with E-state index in [9.17, 15) is 0 Å². The molecule has 0 bridgehead atoms. The van der Waals surface area contributed by atoms with E-state index in [2.05, 4.69) is 192 Å². The highest BCUT2D eigenvalue weighted by molar-refractivity contribution is 6.17. The highest BCUT2D eigenvalue weighted by Gasteiger charge is 2.27. The predicted molar refractivity (Wildman–Crippen MR) is 214 cm³/mol. The Kier molecular flexibility index (Phi) is 6.81. The maximum atomic E-state index is 6.52. The molecule has 1 N–H and O–H groups in total. The summed E-state index contributed by atoms with van der Waals surface area (Å²) in [6.07, 6.45) is 0. The van der Waals surface area contributed by atoms with E-state index in [1.165, 1.54) is 10.8 Å². The molecule has 0 atom stereocenters. The van der Waals surface area contributed by atoms with Gasteiger partial charge in [0.2, 0.25) is 0 Å². The van der Waals surface area contributed by atoms with Crippen LogP contribution in [0.25, 0.3) is 77.1 Å². The number of benzene rings is 8. The lowest BCUT2D eigenvalue weighted by atomic mass is 9.92. The smallest absolute Gasteiger partial charge is 0.137 e. The third-order valence-corrected chi connectivity index (χ3v) is 10.0. The molecule has 0 spiro atoms. The van der Waals surface area contributed by atoms with Crippen molar-refractivity contribution in [2.24, 2.45) is 0 Å². The van der Waals surface area contributed by atoms with Crippen LogP contribution in [0.15, 0.2) is 192 Å². The van der Waals surface area contributed by atoms with Gasteiger partial charge in [0.05, 0.1) is 28.0 Å². The van der Waals surface area contributed by atoms with Crippen LogP contribution in [-0.2, 0) is 0 Å². The first-order chi connectivity index (χ1) is 25.3. The second-order valence-electron chi connectivity index (χ2n) is 12.9.